The fraction of sp³-hybridized carbons (Fsp3) is 0.350. The summed E-state index contributed by atoms with van der Waals surface area (Å²) in [6, 6.07) is 15.1. The van der Waals surface area contributed by atoms with E-state index in [2.05, 4.69) is 49.2 Å². The lowest BCUT2D eigenvalue weighted by Gasteiger charge is -2.21. The van der Waals surface area contributed by atoms with Crippen LogP contribution in [0.5, 0.6) is 0 Å². The van der Waals surface area contributed by atoms with Crippen LogP contribution in [0.25, 0.3) is 49.4 Å². The highest BCUT2D eigenvalue weighted by Crippen LogP contribution is 2.39. The van der Waals surface area contributed by atoms with Crippen LogP contribution in [0.2, 0.25) is 0 Å². The number of para-hydroxylation sites is 1. The van der Waals surface area contributed by atoms with Crippen LogP contribution < -0.4 is 0 Å². The van der Waals surface area contributed by atoms with E-state index in [4.69, 9.17) is 0 Å². The molecule has 3 aromatic carbocycles. The normalized spacial score (nSPS) is 16.1. The topological polar surface area (TPSA) is 180 Å². The summed E-state index contributed by atoms with van der Waals surface area (Å²) in [6.07, 6.45) is 14.5. The second-order valence-corrected chi connectivity index (χ2v) is 26.9. The molecule has 0 fully saturated rings. The van der Waals surface area contributed by atoms with Crippen molar-refractivity contribution in [2.24, 2.45) is 0 Å². The Hall–Kier alpha value is -7.42. The van der Waals surface area contributed by atoms with Crippen molar-refractivity contribution in [3.8, 4) is 0 Å². The van der Waals surface area contributed by atoms with Crippen molar-refractivity contribution in [1.82, 2.24) is 56.0 Å². The van der Waals surface area contributed by atoms with Crippen LogP contribution >= 0.6 is 0 Å². The summed E-state index contributed by atoms with van der Waals surface area (Å²) in [5, 5.41) is 14.3. The van der Waals surface area contributed by atoms with Gasteiger partial charge in [0, 0.05) is 117 Å². The van der Waals surface area contributed by atoms with Crippen molar-refractivity contribution in [2.75, 3.05) is 60.4 Å². The van der Waals surface area contributed by atoms with E-state index in [0.717, 1.165) is 89.3 Å². The van der Waals surface area contributed by atoms with Crippen molar-refractivity contribution in [3.63, 3.8) is 0 Å². The van der Waals surface area contributed by atoms with Crippen molar-refractivity contribution in [1.29, 1.82) is 0 Å². The summed E-state index contributed by atoms with van der Waals surface area (Å²) in [4.78, 5) is 6.93. The van der Waals surface area contributed by atoms with Gasteiger partial charge in [-0.3, -0.25) is 14.0 Å². The average molecular weight is 1230 g/mol. The highest BCUT2D eigenvalue weighted by molar-refractivity contribution is 7.90. The van der Waals surface area contributed by atoms with Crippen LogP contribution in [0.1, 0.15) is 73.7 Å². The Morgan fingerprint density at radius 1 is 0.506 bits per heavy atom. The van der Waals surface area contributed by atoms with Crippen LogP contribution in [-0.2, 0) is 55.9 Å². The highest BCUT2D eigenvalue weighted by Gasteiger charge is 2.34. The van der Waals surface area contributed by atoms with Gasteiger partial charge in [-0.15, -0.1) is 0 Å². The molecule has 9 aromatic rings. The van der Waals surface area contributed by atoms with Crippen molar-refractivity contribution >= 4 is 79.5 Å². The molecule has 0 aliphatic carbocycles. The van der Waals surface area contributed by atoms with Gasteiger partial charge in [0.1, 0.15) is 20.5 Å². The molecule has 450 valence electrons. The lowest BCUT2D eigenvalue weighted by Crippen LogP contribution is -2.23. The van der Waals surface area contributed by atoms with Crippen LogP contribution in [0.4, 0.5) is 17.6 Å². The van der Waals surface area contributed by atoms with Gasteiger partial charge in [0.05, 0.1) is 52.1 Å². The Balaban J connectivity index is 0.000000142. The van der Waals surface area contributed by atoms with E-state index in [0.29, 0.717) is 66.0 Å². The van der Waals surface area contributed by atoms with Crippen LogP contribution in [0.3, 0.4) is 0 Å². The number of nitrogens with zero attached hydrogens (tertiary/aromatic N) is 12. The van der Waals surface area contributed by atoms with Crippen LogP contribution in [-0.4, -0.2) is 142 Å². The summed E-state index contributed by atoms with van der Waals surface area (Å²) in [5.41, 5.74) is 7.03. The van der Waals surface area contributed by atoms with E-state index < -0.39 is 41.8 Å². The molecule has 0 atom stereocenters. The zero-order chi connectivity index (χ0) is 60.9. The van der Waals surface area contributed by atoms with Gasteiger partial charge in [0.15, 0.2) is 0 Å². The maximum atomic E-state index is 14.0. The molecular formula is C60H68F4N12O6S3. The van der Waals surface area contributed by atoms with Gasteiger partial charge < -0.3 is 14.7 Å². The maximum absolute atomic E-state index is 14.0. The zero-order valence-corrected chi connectivity index (χ0v) is 51.0. The van der Waals surface area contributed by atoms with Gasteiger partial charge in [0.2, 0.25) is 0 Å². The molecule has 12 rings (SSSR count). The van der Waals surface area contributed by atoms with Gasteiger partial charge in [-0.1, -0.05) is 36.4 Å². The molecule has 25 heteroatoms. The largest absolute Gasteiger partial charge is 0.416 e. The summed E-state index contributed by atoms with van der Waals surface area (Å²) < 4.78 is 143. The summed E-state index contributed by atoms with van der Waals surface area (Å²) >= 11 is 0. The smallest absolute Gasteiger partial charge is 0.302 e. The molecule has 0 bridgehead atoms. The first-order chi connectivity index (χ1) is 40.4. The molecule has 0 amide bonds. The van der Waals surface area contributed by atoms with Gasteiger partial charge in [-0.25, -0.2) is 41.6 Å². The molecule has 0 spiro atoms. The first-order valence-electron chi connectivity index (χ1n) is 28.0. The van der Waals surface area contributed by atoms with Crippen molar-refractivity contribution in [2.45, 2.75) is 94.4 Å². The van der Waals surface area contributed by atoms with Crippen molar-refractivity contribution in [3.05, 3.63) is 162 Å². The standard InChI is InChI=1S/C21H23F3N4O2S.C20H23FN4O2S.C19H22N4O2S/c1-4-27-14(2)20(12-25-27)31(29,30)28-13-18(15-7-9-26(3)10-8-15)17-11-16(21(22,23)24)5-6-19(17)28;1-4-24-14(2)20(12-22-24)28(26,27)25-13-18(15-7-9-23(3)10-8-15)17-11-16(21)5-6-19(17)25;1-3-22-13-16(12-20-22)26(24,25)23-14-18(15-8-10-21(2)11-9-15)17-6-4-5-7-19(17)23/h5-7,11-13H,4,8-10H2,1-3H3;5-7,11-13H,4,8-10H2,1-3H3;4-8,12-14H,3,9-11H2,1-2H3. The van der Waals surface area contributed by atoms with Gasteiger partial charge >= 0.3 is 6.18 Å². The molecule has 0 saturated heterocycles. The van der Waals surface area contributed by atoms with Gasteiger partial charge in [-0.2, -0.15) is 28.5 Å². The molecule has 9 heterocycles. The van der Waals surface area contributed by atoms with Gasteiger partial charge in [-0.05, 0) is 134 Å². The predicted molar refractivity (Wildman–Crippen MR) is 322 cm³/mol. The predicted octanol–water partition coefficient (Wildman–Crippen LogP) is 10.2. The molecule has 0 saturated carbocycles. The molecule has 0 radical (unpaired) electrons. The molecular weight excluding hydrogens is 1160 g/mol. The third kappa shape index (κ3) is 11.7. The quantitative estimate of drug-likeness (QED) is 0.106. The lowest BCUT2D eigenvalue weighted by molar-refractivity contribution is -0.137. The van der Waals surface area contributed by atoms with E-state index in [1.165, 1.54) is 62.6 Å². The molecule has 0 N–H and O–H groups in total. The lowest BCUT2D eigenvalue weighted by atomic mass is 9.98. The molecule has 85 heavy (non-hydrogen) atoms. The van der Waals surface area contributed by atoms with Crippen molar-refractivity contribution < 1.29 is 42.8 Å². The number of hydrogen-bond donors (Lipinski definition) is 0. The Morgan fingerprint density at radius 3 is 1.36 bits per heavy atom. The van der Waals surface area contributed by atoms with Crippen LogP contribution in [0.15, 0.2) is 137 Å². The number of aryl methyl sites for hydroxylation is 3. The minimum atomic E-state index is -4.52. The Morgan fingerprint density at radius 2 is 0.941 bits per heavy atom. The SMILES string of the molecule is CCn1cc(S(=O)(=O)n2cc(C3=CCN(C)CC3)c3ccccc32)cn1.CCn1ncc(S(=O)(=O)n2cc(C3=CCN(C)CC3)c3cc(C(F)(F)F)ccc32)c1C.CCn1ncc(S(=O)(=O)n2cc(C3=CCN(C)CC3)c3cc(F)ccc32)c1C. The highest BCUT2D eigenvalue weighted by atomic mass is 32.2. The van der Waals surface area contributed by atoms with Crippen LogP contribution in [0, 0.1) is 19.7 Å². The van der Waals surface area contributed by atoms with E-state index >= 15 is 0 Å². The third-order valence-corrected chi connectivity index (χ3v) is 21.2. The Labute approximate surface area is 492 Å². The number of rotatable bonds is 12. The number of fused-ring (bicyclic) bond motifs is 3. The fourth-order valence-corrected chi connectivity index (χ4v) is 15.5. The Bertz CT molecular complexity index is 4470. The average Bonchev–Trinajstić information content (AvgIpc) is 2.66. The zero-order valence-electron chi connectivity index (χ0n) is 48.6. The summed E-state index contributed by atoms with van der Waals surface area (Å²) in [7, 11) is -5.51. The second-order valence-electron chi connectivity index (χ2n) is 21.5. The molecule has 0 unspecified atom stereocenters. The summed E-state index contributed by atoms with van der Waals surface area (Å²) in [5.74, 6) is -0.382. The molecule has 3 aliphatic heterocycles. The minimum absolute atomic E-state index is 0.0371. The number of aromatic nitrogens is 9. The minimum Gasteiger partial charge on any atom is -0.302 e. The number of likely N-dealkylation sites (N-methyl/N-ethyl adjacent to an activating group) is 3. The number of halogens is 4. The monoisotopic (exact) mass is 1220 g/mol. The van der Waals surface area contributed by atoms with Gasteiger partial charge in [0.25, 0.3) is 30.1 Å². The van der Waals surface area contributed by atoms with E-state index in [1.807, 2.05) is 65.2 Å². The van der Waals surface area contributed by atoms with E-state index in [1.54, 1.807) is 46.5 Å². The third-order valence-electron chi connectivity index (χ3n) is 16.1. The molecule has 18 nitrogen and oxygen atoms in total. The van der Waals surface area contributed by atoms with E-state index in [9.17, 15) is 42.8 Å². The second kappa shape index (κ2) is 23.8. The molecule has 6 aromatic heterocycles. The fourth-order valence-electron chi connectivity index (χ4n) is 11.1. The maximum Gasteiger partial charge on any atom is 0.416 e. The first-order valence-corrected chi connectivity index (χ1v) is 32.3. The summed E-state index contributed by atoms with van der Waals surface area (Å²) in [6.45, 7) is 15.7. The number of alkyl halides is 3. The first kappa shape index (κ1) is 60.7. The Kier molecular flexibility index (Phi) is 17.0. The molecule has 3 aliphatic rings. The van der Waals surface area contributed by atoms with E-state index in [-0.39, 0.29) is 31.4 Å². The number of hydrogen-bond acceptors (Lipinski definition) is 12. The number of benzene rings is 3.